The van der Waals surface area contributed by atoms with Crippen molar-refractivity contribution in [3.05, 3.63) is 53.1 Å². The summed E-state index contributed by atoms with van der Waals surface area (Å²) in [5, 5.41) is 5.41. The molecule has 0 amide bonds. The molecule has 0 saturated heterocycles. The molecule has 25 heavy (non-hydrogen) atoms. The maximum Gasteiger partial charge on any atom is 0.338 e. The third-order valence-corrected chi connectivity index (χ3v) is 5.03. The van der Waals surface area contributed by atoms with E-state index in [4.69, 9.17) is 9.88 Å². The first kappa shape index (κ1) is 19.1. The highest BCUT2D eigenvalue weighted by Gasteiger charge is 2.22. The van der Waals surface area contributed by atoms with Crippen LogP contribution < -0.4 is 5.14 Å². The fourth-order valence-electron chi connectivity index (χ4n) is 2.69. The van der Waals surface area contributed by atoms with E-state index in [0.717, 1.165) is 29.5 Å². The molecule has 0 saturated carbocycles. The largest absolute Gasteiger partial charge is 0.465 e. The van der Waals surface area contributed by atoms with Gasteiger partial charge in [0.2, 0.25) is 10.0 Å². The number of sulfonamides is 1. The second-order valence-electron chi connectivity index (χ2n) is 6.01. The zero-order valence-corrected chi connectivity index (χ0v) is 15.5. The predicted molar refractivity (Wildman–Crippen MR) is 97.9 cm³/mol. The maximum absolute atomic E-state index is 12.1. The highest BCUT2D eigenvalue weighted by molar-refractivity contribution is 7.89. The monoisotopic (exact) mass is 361 g/mol. The summed E-state index contributed by atoms with van der Waals surface area (Å²) < 4.78 is 29.0. The molecule has 5 nitrogen and oxygen atoms in total. The van der Waals surface area contributed by atoms with Crippen molar-refractivity contribution >= 4 is 16.0 Å². The van der Waals surface area contributed by atoms with Gasteiger partial charge in [-0.1, -0.05) is 43.2 Å². The average Bonchev–Trinajstić information content (AvgIpc) is 2.58. The number of methoxy groups -OCH3 is 1. The van der Waals surface area contributed by atoms with Crippen LogP contribution in [-0.4, -0.2) is 21.5 Å². The highest BCUT2D eigenvalue weighted by atomic mass is 32.2. The van der Waals surface area contributed by atoms with Crippen LogP contribution in [0.4, 0.5) is 0 Å². The van der Waals surface area contributed by atoms with E-state index in [1.54, 1.807) is 6.07 Å². The lowest BCUT2D eigenvalue weighted by Gasteiger charge is -2.15. The molecule has 134 valence electrons. The molecule has 0 heterocycles. The summed E-state index contributed by atoms with van der Waals surface area (Å²) >= 11 is 0. The van der Waals surface area contributed by atoms with Crippen LogP contribution in [0.25, 0.3) is 11.1 Å². The molecule has 0 fully saturated rings. The van der Waals surface area contributed by atoms with Gasteiger partial charge >= 0.3 is 5.97 Å². The molecule has 2 N–H and O–H groups in total. The zero-order chi connectivity index (χ0) is 18.6. The van der Waals surface area contributed by atoms with E-state index < -0.39 is 16.0 Å². The fourth-order valence-corrected chi connectivity index (χ4v) is 3.46. The van der Waals surface area contributed by atoms with Crippen molar-refractivity contribution in [1.29, 1.82) is 0 Å². The first-order valence-corrected chi connectivity index (χ1v) is 9.67. The molecule has 2 rings (SSSR count). The zero-order valence-electron chi connectivity index (χ0n) is 14.7. The van der Waals surface area contributed by atoms with Crippen molar-refractivity contribution in [1.82, 2.24) is 0 Å². The van der Waals surface area contributed by atoms with Crippen LogP contribution in [-0.2, 0) is 21.2 Å². The average molecular weight is 361 g/mol. The summed E-state index contributed by atoms with van der Waals surface area (Å²) in [6.07, 6.45) is 2.49. The Hall–Kier alpha value is -2.18. The van der Waals surface area contributed by atoms with E-state index in [2.05, 4.69) is 6.92 Å². The second kappa shape index (κ2) is 7.80. The Labute approximate surface area is 148 Å². The molecule has 0 aliphatic rings. The first-order chi connectivity index (χ1) is 11.8. The first-order valence-electron chi connectivity index (χ1n) is 8.13. The number of hydrogen-bond acceptors (Lipinski definition) is 4. The van der Waals surface area contributed by atoms with Gasteiger partial charge in [0.1, 0.15) is 0 Å². The Kier molecular flexibility index (Phi) is 5.98. The third kappa shape index (κ3) is 4.46. The lowest BCUT2D eigenvalue weighted by Crippen LogP contribution is -2.16. The normalized spacial score (nSPS) is 11.4. The minimum atomic E-state index is -4.00. The number of primary sulfonamides is 1. The Morgan fingerprint density at radius 3 is 2.32 bits per heavy atom. The summed E-state index contributed by atoms with van der Waals surface area (Å²) in [6, 6.07) is 10.6. The van der Waals surface area contributed by atoms with E-state index >= 15 is 0 Å². The Morgan fingerprint density at radius 2 is 1.80 bits per heavy atom. The molecular weight excluding hydrogens is 338 g/mol. The van der Waals surface area contributed by atoms with Crippen LogP contribution in [0.2, 0.25) is 0 Å². The maximum atomic E-state index is 12.1. The van der Waals surface area contributed by atoms with Crippen molar-refractivity contribution in [2.75, 3.05) is 7.11 Å². The molecule has 0 spiro atoms. The van der Waals surface area contributed by atoms with Crippen molar-refractivity contribution in [3.8, 4) is 11.1 Å². The van der Waals surface area contributed by atoms with E-state index in [1.165, 1.54) is 13.2 Å². The number of ether oxygens (including phenoxy) is 1. The minimum Gasteiger partial charge on any atom is -0.465 e. The summed E-state index contributed by atoms with van der Waals surface area (Å²) in [5.74, 6) is -0.563. The number of esters is 1. The lowest BCUT2D eigenvalue weighted by molar-refractivity contribution is 0.0599. The summed E-state index contributed by atoms with van der Waals surface area (Å²) in [4.78, 5) is 12.0. The van der Waals surface area contributed by atoms with Crippen molar-refractivity contribution < 1.29 is 17.9 Å². The van der Waals surface area contributed by atoms with Crippen molar-refractivity contribution in [2.24, 2.45) is 5.14 Å². The van der Waals surface area contributed by atoms with E-state index in [0.29, 0.717) is 12.0 Å². The molecule has 2 aromatic carbocycles. The minimum absolute atomic E-state index is 0.0722. The van der Waals surface area contributed by atoms with E-state index in [-0.39, 0.29) is 10.5 Å². The number of carbonyl (C=O) groups excluding carboxylic acids is 1. The van der Waals surface area contributed by atoms with E-state index in [1.807, 2.05) is 31.2 Å². The van der Waals surface area contributed by atoms with Crippen LogP contribution in [0.5, 0.6) is 0 Å². The van der Waals surface area contributed by atoms with Crippen LogP contribution in [0.1, 0.15) is 41.3 Å². The molecule has 0 aliphatic carbocycles. The molecule has 0 aliphatic heterocycles. The van der Waals surface area contributed by atoms with Gasteiger partial charge in [-0.25, -0.2) is 18.4 Å². The van der Waals surface area contributed by atoms with Crippen LogP contribution in [0, 0.1) is 6.92 Å². The molecule has 0 radical (unpaired) electrons. The Bertz CT molecular complexity index is 871. The molecular formula is C19H23NO4S. The fraction of sp³-hybridized carbons (Fsp3) is 0.316. The number of nitrogens with two attached hydrogens (primary N) is 1. The number of rotatable bonds is 6. The molecule has 6 heteroatoms. The number of unbranched alkanes of at least 4 members (excludes halogenated alkanes) is 1. The molecule has 0 aromatic heterocycles. The quantitative estimate of drug-likeness (QED) is 0.799. The lowest BCUT2D eigenvalue weighted by atomic mass is 9.95. The SMILES string of the molecule is CCCCc1cc(-c2ccc(C)cc2)c(S(N)(=O)=O)cc1C(=O)OC. The predicted octanol–water partition coefficient (Wildman–Crippen LogP) is 3.44. The second-order valence-corrected chi connectivity index (χ2v) is 7.54. The summed E-state index contributed by atoms with van der Waals surface area (Å²) in [7, 11) is -2.73. The van der Waals surface area contributed by atoms with Crippen LogP contribution >= 0.6 is 0 Å². The Balaban J connectivity index is 2.75. The van der Waals surface area contributed by atoms with E-state index in [9.17, 15) is 13.2 Å². The standard InChI is InChI=1S/C19H23NO4S/c1-4-5-6-15-11-16(14-9-7-13(2)8-10-14)18(25(20,22)23)12-17(15)19(21)24-3/h7-12H,4-6H2,1-3H3,(H2,20,22,23). The molecule has 0 bridgehead atoms. The number of hydrogen-bond donors (Lipinski definition) is 1. The number of aryl methyl sites for hydroxylation is 2. The van der Waals surface area contributed by atoms with Crippen molar-refractivity contribution in [2.45, 2.75) is 38.0 Å². The molecule has 0 atom stereocenters. The van der Waals surface area contributed by atoms with Crippen molar-refractivity contribution in [3.63, 3.8) is 0 Å². The summed E-state index contributed by atoms with van der Waals surface area (Å²) in [5.41, 5.74) is 3.32. The van der Waals surface area contributed by atoms with Gasteiger partial charge < -0.3 is 4.74 Å². The third-order valence-electron chi connectivity index (χ3n) is 4.08. The smallest absolute Gasteiger partial charge is 0.338 e. The van der Waals surface area contributed by atoms with Gasteiger partial charge in [0.15, 0.2) is 0 Å². The van der Waals surface area contributed by atoms with Gasteiger partial charge in [-0.15, -0.1) is 0 Å². The van der Waals surface area contributed by atoms with Gasteiger partial charge in [0, 0.05) is 5.56 Å². The highest BCUT2D eigenvalue weighted by Crippen LogP contribution is 2.31. The van der Waals surface area contributed by atoms with Gasteiger partial charge in [-0.2, -0.15) is 0 Å². The Morgan fingerprint density at radius 1 is 1.16 bits per heavy atom. The number of benzene rings is 2. The topological polar surface area (TPSA) is 86.5 Å². The summed E-state index contributed by atoms with van der Waals surface area (Å²) in [6.45, 7) is 4.01. The van der Waals surface area contributed by atoms with Gasteiger partial charge in [0.25, 0.3) is 0 Å². The van der Waals surface area contributed by atoms with Gasteiger partial charge in [-0.05, 0) is 43.0 Å². The number of carbonyl (C=O) groups is 1. The van der Waals surface area contributed by atoms with Crippen LogP contribution in [0.3, 0.4) is 0 Å². The van der Waals surface area contributed by atoms with Gasteiger partial charge in [0.05, 0.1) is 17.6 Å². The van der Waals surface area contributed by atoms with Gasteiger partial charge in [-0.3, -0.25) is 0 Å². The van der Waals surface area contributed by atoms with Crippen LogP contribution in [0.15, 0.2) is 41.3 Å². The molecule has 0 unspecified atom stereocenters. The molecule has 2 aromatic rings.